The normalized spacial score (nSPS) is 11.0. The van der Waals surface area contributed by atoms with E-state index in [-0.39, 0.29) is 33.3 Å². The first-order valence-corrected chi connectivity index (χ1v) is 9.74. The SMILES string of the molecule is CCOC(=O)c1ccc(NS(=O)(=O)c2ccc(C)c(C(=O)OC)c2)cc1Cl. The van der Waals surface area contributed by atoms with Crippen molar-refractivity contribution in [2.45, 2.75) is 18.7 Å². The number of carbonyl (C=O) groups excluding carboxylic acids is 2. The zero-order valence-electron chi connectivity index (χ0n) is 14.9. The van der Waals surface area contributed by atoms with Crippen molar-refractivity contribution in [3.05, 3.63) is 58.1 Å². The van der Waals surface area contributed by atoms with E-state index in [2.05, 4.69) is 9.46 Å². The van der Waals surface area contributed by atoms with Gasteiger partial charge in [0.1, 0.15) is 0 Å². The standard InChI is InChI=1S/C18H18ClNO6S/c1-4-26-18(22)14-8-6-12(9-16(14)19)20-27(23,24)13-7-5-11(2)15(10-13)17(21)25-3/h5-10,20H,4H2,1-3H3. The van der Waals surface area contributed by atoms with Crippen molar-refractivity contribution in [1.82, 2.24) is 0 Å². The second-order valence-electron chi connectivity index (χ2n) is 5.49. The van der Waals surface area contributed by atoms with Crippen LogP contribution in [0.1, 0.15) is 33.2 Å². The average Bonchev–Trinajstić information content (AvgIpc) is 2.61. The monoisotopic (exact) mass is 411 g/mol. The maximum absolute atomic E-state index is 12.6. The van der Waals surface area contributed by atoms with E-state index in [1.807, 2.05) is 0 Å². The van der Waals surface area contributed by atoms with E-state index >= 15 is 0 Å². The molecule has 1 N–H and O–H groups in total. The molecule has 0 saturated heterocycles. The molecule has 0 aliphatic carbocycles. The fourth-order valence-corrected chi connectivity index (χ4v) is 3.60. The number of anilines is 1. The van der Waals surface area contributed by atoms with Crippen LogP contribution in [0, 0.1) is 6.92 Å². The number of methoxy groups -OCH3 is 1. The number of hydrogen-bond acceptors (Lipinski definition) is 6. The van der Waals surface area contributed by atoms with Gasteiger partial charge in [0.2, 0.25) is 0 Å². The molecule has 0 atom stereocenters. The van der Waals surface area contributed by atoms with Crippen LogP contribution in [0.3, 0.4) is 0 Å². The number of carbonyl (C=O) groups is 2. The molecule has 0 aromatic heterocycles. The summed E-state index contributed by atoms with van der Waals surface area (Å²) in [6.45, 7) is 3.53. The molecule has 0 aliphatic rings. The van der Waals surface area contributed by atoms with Gasteiger partial charge in [-0.3, -0.25) is 4.72 Å². The Morgan fingerprint density at radius 3 is 2.37 bits per heavy atom. The number of benzene rings is 2. The van der Waals surface area contributed by atoms with Crippen LogP contribution in [-0.2, 0) is 19.5 Å². The summed E-state index contributed by atoms with van der Waals surface area (Å²) in [5.74, 6) is -1.23. The van der Waals surface area contributed by atoms with E-state index in [9.17, 15) is 18.0 Å². The molecule has 0 unspecified atom stereocenters. The third-order valence-corrected chi connectivity index (χ3v) is 5.33. The highest BCUT2D eigenvalue weighted by molar-refractivity contribution is 7.92. The van der Waals surface area contributed by atoms with Gasteiger partial charge in [-0.05, 0) is 49.7 Å². The Bertz CT molecular complexity index is 987. The summed E-state index contributed by atoms with van der Waals surface area (Å²) in [4.78, 5) is 23.4. The second-order valence-corrected chi connectivity index (χ2v) is 7.58. The number of sulfonamides is 1. The smallest absolute Gasteiger partial charge is 0.339 e. The van der Waals surface area contributed by atoms with Gasteiger partial charge in [-0.25, -0.2) is 18.0 Å². The van der Waals surface area contributed by atoms with Crippen molar-refractivity contribution in [2.24, 2.45) is 0 Å². The highest BCUT2D eigenvalue weighted by atomic mass is 35.5. The molecule has 144 valence electrons. The van der Waals surface area contributed by atoms with Gasteiger partial charge in [0.15, 0.2) is 0 Å². The predicted octanol–water partition coefficient (Wildman–Crippen LogP) is 3.41. The average molecular weight is 412 g/mol. The van der Waals surface area contributed by atoms with Crippen LogP contribution in [-0.4, -0.2) is 34.1 Å². The van der Waals surface area contributed by atoms with E-state index in [0.717, 1.165) is 0 Å². The molecule has 2 rings (SSSR count). The maximum Gasteiger partial charge on any atom is 0.339 e. The number of hydrogen-bond donors (Lipinski definition) is 1. The molecular weight excluding hydrogens is 394 g/mol. The van der Waals surface area contributed by atoms with Crippen LogP contribution in [0.15, 0.2) is 41.3 Å². The summed E-state index contributed by atoms with van der Waals surface area (Å²) in [5, 5.41) is 0.0489. The fourth-order valence-electron chi connectivity index (χ4n) is 2.27. The van der Waals surface area contributed by atoms with Crippen LogP contribution < -0.4 is 4.72 Å². The van der Waals surface area contributed by atoms with Crippen molar-refractivity contribution in [3.8, 4) is 0 Å². The van der Waals surface area contributed by atoms with Crippen LogP contribution >= 0.6 is 11.6 Å². The zero-order chi connectivity index (χ0) is 20.2. The molecule has 0 saturated carbocycles. The van der Waals surface area contributed by atoms with Crippen LogP contribution in [0.2, 0.25) is 5.02 Å². The minimum Gasteiger partial charge on any atom is -0.465 e. The van der Waals surface area contributed by atoms with Crippen molar-refractivity contribution >= 4 is 39.3 Å². The highest BCUT2D eigenvalue weighted by Gasteiger charge is 2.20. The summed E-state index contributed by atoms with van der Waals surface area (Å²) in [6.07, 6.45) is 0. The first-order valence-electron chi connectivity index (χ1n) is 7.88. The molecule has 2 aromatic rings. The zero-order valence-corrected chi connectivity index (χ0v) is 16.5. The lowest BCUT2D eigenvalue weighted by atomic mass is 10.1. The maximum atomic E-state index is 12.6. The Kier molecular flexibility index (Phi) is 6.45. The van der Waals surface area contributed by atoms with Gasteiger partial charge >= 0.3 is 11.9 Å². The largest absolute Gasteiger partial charge is 0.465 e. The first kappa shape index (κ1) is 20.7. The first-order chi connectivity index (χ1) is 12.7. The van der Waals surface area contributed by atoms with Crippen LogP contribution in [0.4, 0.5) is 5.69 Å². The van der Waals surface area contributed by atoms with Gasteiger partial charge in [0.25, 0.3) is 10.0 Å². The van der Waals surface area contributed by atoms with Crippen molar-refractivity contribution < 1.29 is 27.5 Å². The molecule has 0 bridgehead atoms. The van der Waals surface area contributed by atoms with Gasteiger partial charge in [-0.2, -0.15) is 0 Å². The minimum atomic E-state index is -3.99. The summed E-state index contributed by atoms with van der Waals surface area (Å²) in [7, 11) is -2.77. The lowest BCUT2D eigenvalue weighted by Gasteiger charge is -2.12. The molecule has 27 heavy (non-hydrogen) atoms. The minimum absolute atomic E-state index is 0.0489. The highest BCUT2D eigenvalue weighted by Crippen LogP contribution is 2.25. The summed E-state index contributed by atoms with van der Waals surface area (Å²) in [6, 6.07) is 8.19. The Hall–Kier alpha value is -2.58. The van der Waals surface area contributed by atoms with E-state index < -0.39 is 22.0 Å². The van der Waals surface area contributed by atoms with Crippen molar-refractivity contribution in [1.29, 1.82) is 0 Å². The van der Waals surface area contributed by atoms with Gasteiger partial charge in [0, 0.05) is 0 Å². The van der Waals surface area contributed by atoms with E-state index in [0.29, 0.717) is 5.56 Å². The molecule has 7 nitrogen and oxygen atoms in total. The number of ether oxygens (including phenoxy) is 2. The molecular formula is C18H18ClNO6S. The lowest BCUT2D eigenvalue weighted by molar-refractivity contribution is 0.0525. The van der Waals surface area contributed by atoms with Gasteiger partial charge in [-0.1, -0.05) is 17.7 Å². The second kappa shape index (κ2) is 8.41. The quantitative estimate of drug-likeness (QED) is 0.731. The number of rotatable bonds is 6. The van der Waals surface area contributed by atoms with Crippen LogP contribution in [0.25, 0.3) is 0 Å². The summed E-state index contributed by atoms with van der Waals surface area (Å²) < 4.78 is 37.1. The summed E-state index contributed by atoms with van der Waals surface area (Å²) >= 11 is 6.04. The molecule has 0 radical (unpaired) electrons. The fraction of sp³-hybridized carbons (Fsp3) is 0.222. The van der Waals surface area contributed by atoms with E-state index in [1.165, 1.54) is 43.5 Å². The molecule has 0 amide bonds. The van der Waals surface area contributed by atoms with E-state index in [1.54, 1.807) is 13.8 Å². The van der Waals surface area contributed by atoms with Crippen molar-refractivity contribution in [3.63, 3.8) is 0 Å². The number of esters is 2. The third kappa shape index (κ3) is 4.78. The topological polar surface area (TPSA) is 98.8 Å². The predicted molar refractivity (Wildman–Crippen MR) is 101 cm³/mol. The Labute approximate surface area is 162 Å². The molecule has 0 aliphatic heterocycles. The molecule has 0 heterocycles. The number of nitrogens with one attached hydrogen (secondary N) is 1. The lowest BCUT2D eigenvalue weighted by Crippen LogP contribution is -2.15. The number of halogens is 1. The Morgan fingerprint density at radius 1 is 1.07 bits per heavy atom. The molecule has 2 aromatic carbocycles. The van der Waals surface area contributed by atoms with Gasteiger partial charge in [0.05, 0.1) is 40.4 Å². The molecule has 0 fully saturated rings. The summed E-state index contributed by atoms with van der Waals surface area (Å²) in [5.41, 5.74) is 1.02. The third-order valence-electron chi connectivity index (χ3n) is 3.64. The van der Waals surface area contributed by atoms with E-state index in [4.69, 9.17) is 16.3 Å². The van der Waals surface area contributed by atoms with Gasteiger partial charge < -0.3 is 9.47 Å². The van der Waals surface area contributed by atoms with Gasteiger partial charge in [-0.15, -0.1) is 0 Å². The Morgan fingerprint density at radius 2 is 1.78 bits per heavy atom. The van der Waals surface area contributed by atoms with Crippen molar-refractivity contribution in [2.75, 3.05) is 18.4 Å². The van der Waals surface area contributed by atoms with Crippen LogP contribution in [0.5, 0.6) is 0 Å². The Balaban J connectivity index is 2.33. The molecule has 0 spiro atoms. The number of aryl methyl sites for hydroxylation is 1. The molecule has 9 heteroatoms.